The summed E-state index contributed by atoms with van der Waals surface area (Å²) >= 11 is 0. The Balaban J connectivity index is 1.85. The van der Waals surface area contributed by atoms with Crippen LogP contribution in [-0.2, 0) is 0 Å². The number of rotatable bonds is 2. The summed E-state index contributed by atoms with van der Waals surface area (Å²) in [7, 11) is 1.73. The second kappa shape index (κ2) is 3.74. The predicted octanol–water partition coefficient (Wildman–Crippen LogP) is -0.877. The van der Waals surface area contributed by atoms with Crippen LogP contribution in [0.4, 0.5) is 4.79 Å². The van der Waals surface area contributed by atoms with Gasteiger partial charge in [0.05, 0.1) is 12.1 Å². The third kappa shape index (κ3) is 1.99. The molecule has 2 amide bonds. The molecule has 1 aliphatic heterocycles. The van der Waals surface area contributed by atoms with E-state index in [-0.39, 0.29) is 12.1 Å². The Kier molecular flexibility index (Phi) is 2.60. The molecular weight excluding hydrogens is 182 g/mol. The highest BCUT2D eigenvalue weighted by Gasteiger charge is 2.33. The normalized spacial score (nSPS) is 31.6. The molecule has 14 heavy (non-hydrogen) atoms. The molecule has 2 rings (SSSR count). The zero-order valence-electron chi connectivity index (χ0n) is 8.36. The van der Waals surface area contributed by atoms with Gasteiger partial charge in [0, 0.05) is 26.2 Å². The molecule has 0 aromatic rings. The average molecular weight is 199 g/mol. The van der Waals surface area contributed by atoms with E-state index in [0.29, 0.717) is 19.1 Å². The summed E-state index contributed by atoms with van der Waals surface area (Å²) in [6, 6.07) is 0.213. The lowest BCUT2D eigenvalue weighted by Gasteiger charge is -2.26. The van der Waals surface area contributed by atoms with Gasteiger partial charge in [-0.1, -0.05) is 0 Å². The van der Waals surface area contributed by atoms with Crippen LogP contribution in [0.25, 0.3) is 0 Å². The summed E-state index contributed by atoms with van der Waals surface area (Å²) in [5, 5.41) is 15.5. The molecule has 80 valence electrons. The van der Waals surface area contributed by atoms with Crippen LogP contribution in [0.15, 0.2) is 0 Å². The molecule has 2 atom stereocenters. The van der Waals surface area contributed by atoms with Crippen molar-refractivity contribution in [3.63, 3.8) is 0 Å². The fourth-order valence-corrected chi connectivity index (χ4v) is 1.70. The molecule has 3 N–H and O–H groups in total. The fourth-order valence-electron chi connectivity index (χ4n) is 1.70. The molecule has 5 nitrogen and oxygen atoms in total. The first-order chi connectivity index (χ1) is 6.68. The van der Waals surface area contributed by atoms with Crippen molar-refractivity contribution in [3.05, 3.63) is 0 Å². The molecule has 2 aliphatic rings. The Labute approximate surface area is 83.5 Å². The lowest BCUT2D eigenvalue weighted by molar-refractivity contribution is 0.110. The van der Waals surface area contributed by atoms with Gasteiger partial charge in [-0.2, -0.15) is 0 Å². The zero-order valence-corrected chi connectivity index (χ0v) is 8.36. The Morgan fingerprint density at radius 2 is 2.21 bits per heavy atom. The van der Waals surface area contributed by atoms with E-state index in [2.05, 4.69) is 10.6 Å². The van der Waals surface area contributed by atoms with Crippen LogP contribution >= 0.6 is 0 Å². The molecule has 1 saturated carbocycles. The average Bonchev–Trinajstić information content (AvgIpc) is 2.86. The first kappa shape index (κ1) is 9.73. The number of nitrogens with zero attached hydrogens (tertiary/aromatic N) is 1. The lowest BCUT2D eigenvalue weighted by Crippen LogP contribution is -2.49. The van der Waals surface area contributed by atoms with Crippen LogP contribution in [0.5, 0.6) is 0 Å². The van der Waals surface area contributed by atoms with E-state index >= 15 is 0 Å². The maximum Gasteiger partial charge on any atom is 0.317 e. The third-order valence-electron chi connectivity index (χ3n) is 2.87. The molecule has 1 heterocycles. The van der Waals surface area contributed by atoms with E-state index < -0.39 is 6.10 Å². The molecule has 0 aromatic carbocycles. The van der Waals surface area contributed by atoms with Gasteiger partial charge in [0.1, 0.15) is 0 Å². The van der Waals surface area contributed by atoms with E-state index in [9.17, 15) is 9.90 Å². The zero-order chi connectivity index (χ0) is 10.1. The van der Waals surface area contributed by atoms with Crippen LogP contribution in [0.3, 0.4) is 0 Å². The van der Waals surface area contributed by atoms with Crippen molar-refractivity contribution in [2.75, 3.05) is 20.1 Å². The predicted molar refractivity (Wildman–Crippen MR) is 52.0 cm³/mol. The van der Waals surface area contributed by atoms with Crippen LogP contribution in [0.2, 0.25) is 0 Å². The summed E-state index contributed by atoms with van der Waals surface area (Å²) in [6.07, 6.45) is 1.74. The largest absolute Gasteiger partial charge is 0.390 e. The smallest absolute Gasteiger partial charge is 0.317 e. The quantitative estimate of drug-likeness (QED) is 0.541. The molecule has 2 fully saturated rings. The number of likely N-dealkylation sites (N-methyl/N-ethyl adjacent to an activating group) is 1. The summed E-state index contributed by atoms with van der Waals surface area (Å²) in [5.41, 5.74) is 0. The standard InChI is InChI=1S/C9H17N3O2/c1-12(7-4-10-5-8(7)13)9(14)11-6-2-3-6/h6-8,10,13H,2-5H2,1H3,(H,11,14). The number of β-amino-alcohol motifs (C(OH)–C–C–N with tert-alkyl or cyclic N) is 1. The number of hydrogen-bond acceptors (Lipinski definition) is 3. The van der Waals surface area contributed by atoms with E-state index in [0.717, 1.165) is 12.8 Å². The molecule has 1 saturated heterocycles. The van der Waals surface area contributed by atoms with Crippen LogP contribution < -0.4 is 10.6 Å². The SMILES string of the molecule is CN(C(=O)NC1CC1)C1CNCC1O. The topological polar surface area (TPSA) is 64.6 Å². The first-order valence-electron chi connectivity index (χ1n) is 5.10. The fraction of sp³-hybridized carbons (Fsp3) is 0.889. The third-order valence-corrected chi connectivity index (χ3v) is 2.87. The first-order valence-corrected chi connectivity index (χ1v) is 5.10. The van der Waals surface area contributed by atoms with Gasteiger partial charge in [-0.15, -0.1) is 0 Å². The van der Waals surface area contributed by atoms with Gasteiger partial charge >= 0.3 is 6.03 Å². The number of amides is 2. The molecular formula is C9H17N3O2. The van der Waals surface area contributed by atoms with Crippen LogP contribution in [0.1, 0.15) is 12.8 Å². The minimum atomic E-state index is -0.440. The summed E-state index contributed by atoms with van der Waals surface area (Å²) in [4.78, 5) is 13.2. The van der Waals surface area contributed by atoms with Gasteiger partial charge in [-0.05, 0) is 12.8 Å². The molecule has 0 radical (unpaired) electrons. The minimum Gasteiger partial charge on any atom is -0.390 e. The van der Waals surface area contributed by atoms with Gasteiger partial charge < -0.3 is 20.6 Å². The van der Waals surface area contributed by atoms with Crippen molar-refractivity contribution >= 4 is 6.03 Å². The van der Waals surface area contributed by atoms with Crippen molar-refractivity contribution < 1.29 is 9.90 Å². The maximum atomic E-state index is 11.6. The highest BCUT2D eigenvalue weighted by molar-refractivity contribution is 5.75. The van der Waals surface area contributed by atoms with Gasteiger partial charge in [-0.3, -0.25) is 0 Å². The molecule has 1 aliphatic carbocycles. The van der Waals surface area contributed by atoms with E-state index in [4.69, 9.17) is 0 Å². The number of carbonyl (C=O) groups is 1. The van der Waals surface area contributed by atoms with Crippen molar-refractivity contribution in [2.45, 2.75) is 31.0 Å². The second-order valence-electron chi connectivity index (χ2n) is 4.13. The lowest BCUT2D eigenvalue weighted by atomic mass is 10.2. The summed E-state index contributed by atoms with van der Waals surface area (Å²) in [6.45, 7) is 1.25. The number of urea groups is 1. The van der Waals surface area contributed by atoms with Gasteiger partial charge in [-0.25, -0.2) is 4.79 Å². The second-order valence-corrected chi connectivity index (χ2v) is 4.13. The molecule has 2 unspecified atom stereocenters. The highest BCUT2D eigenvalue weighted by Crippen LogP contribution is 2.19. The molecule has 0 aromatic heterocycles. The van der Waals surface area contributed by atoms with Crippen LogP contribution in [0, 0.1) is 0 Å². The molecule has 5 heteroatoms. The molecule has 0 spiro atoms. The van der Waals surface area contributed by atoms with Crippen molar-refractivity contribution in [2.24, 2.45) is 0 Å². The van der Waals surface area contributed by atoms with Gasteiger partial charge in [0.15, 0.2) is 0 Å². The summed E-state index contributed by atoms with van der Waals surface area (Å²) in [5.74, 6) is 0. The number of hydrogen-bond donors (Lipinski definition) is 3. The Bertz CT molecular complexity index is 230. The van der Waals surface area contributed by atoms with Crippen LogP contribution in [-0.4, -0.2) is 54.4 Å². The number of aliphatic hydroxyl groups excluding tert-OH is 1. The van der Waals surface area contributed by atoms with Crippen molar-refractivity contribution in [3.8, 4) is 0 Å². The van der Waals surface area contributed by atoms with E-state index in [1.807, 2.05) is 0 Å². The van der Waals surface area contributed by atoms with Gasteiger partial charge in [0.2, 0.25) is 0 Å². The Morgan fingerprint density at radius 1 is 1.50 bits per heavy atom. The van der Waals surface area contributed by atoms with Crippen molar-refractivity contribution in [1.82, 2.24) is 15.5 Å². The Morgan fingerprint density at radius 3 is 2.71 bits per heavy atom. The van der Waals surface area contributed by atoms with Crippen molar-refractivity contribution in [1.29, 1.82) is 0 Å². The summed E-state index contributed by atoms with van der Waals surface area (Å²) < 4.78 is 0. The number of carbonyl (C=O) groups excluding carboxylic acids is 1. The minimum absolute atomic E-state index is 0.0692. The van der Waals surface area contributed by atoms with E-state index in [1.54, 1.807) is 11.9 Å². The molecule has 0 bridgehead atoms. The van der Waals surface area contributed by atoms with E-state index in [1.165, 1.54) is 0 Å². The van der Waals surface area contributed by atoms with Gasteiger partial charge in [0.25, 0.3) is 0 Å². The monoisotopic (exact) mass is 199 g/mol. The Hall–Kier alpha value is -0.810. The maximum absolute atomic E-state index is 11.6. The highest BCUT2D eigenvalue weighted by atomic mass is 16.3. The number of nitrogens with one attached hydrogen (secondary N) is 2. The number of aliphatic hydroxyl groups is 1.